The molecule has 5 rings (SSSR count). The van der Waals surface area contributed by atoms with Gasteiger partial charge in [0, 0.05) is 44.3 Å². The number of carboxylic acid groups (broad SMARTS) is 1. The van der Waals surface area contributed by atoms with Crippen LogP contribution in [0, 0.1) is 0 Å². The molecule has 0 spiro atoms. The summed E-state index contributed by atoms with van der Waals surface area (Å²) in [6, 6.07) is 10.6. The van der Waals surface area contributed by atoms with Crippen molar-refractivity contribution in [3.05, 3.63) is 82.6 Å². The van der Waals surface area contributed by atoms with Crippen molar-refractivity contribution in [2.45, 2.75) is 56.8 Å². The second-order valence-electron chi connectivity index (χ2n) is 11.6. The Labute approximate surface area is 252 Å². The maximum absolute atomic E-state index is 14.4. The van der Waals surface area contributed by atoms with E-state index in [1.165, 1.54) is 11.9 Å². The second kappa shape index (κ2) is 11.6. The Balaban J connectivity index is 1.54. The highest BCUT2D eigenvalue weighted by Crippen LogP contribution is 2.50. The molecule has 8 nitrogen and oxygen atoms in total. The van der Waals surface area contributed by atoms with E-state index < -0.39 is 30.0 Å². The molecule has 1 fully saturated rings. The lowest BCUT2D eigenvalue weighted by Gasteiger charge is -2.44. The summed E-state index contributed by atoms with van der Waals surface area (Å²) in [5, 5.41) is 9.23. The zero-order valence-corrected chi connectivity index (χ0v) is 24.7. The van der Waals surface area contributed by atoms with Gasteiger partial charge in [-0.1, -0.05) is 31.5 Å². The molecule has 0 bridgehead atoms. The minimum absolute atomic E-state index is 0.0144. The zero-order chi connectivity index (χ0) is 31.1. The number of piperidine rings is 1. The summed E-state index contributed by atoms with van der Waals surface area (Å²) in [5.74, 6) is 0.128. The molecule has 1 unspecified atom stereocenters. The molecule has 1 aromatic heterocycles. The average Bonchev–Trinajstić information content (AvgIpc) is 3.22. The molecule has 1 saturated heterocycles. The van der Waals surface area contributed by atoms with Crippen molar-refractivity contribution in [1.82, 2.24) is 9.88 Å². The van der Waals surface area contributed by atoms with Gasteiger partial charge in [-0.05, 0) is 78.3 Å². The number of pyridine rings is 1. The van der Waals surface area contributed by atoms with E-state index in [1.54, 1.807) is 29.4 Å². The lowest BCUT2D eigenvalue weighted by atomic mass is 9.86. The van der Waals surface area contributed by atoms with E-state index in [0.29, 0.717) is 32.4 Å². The molecule has 12 heteroatoms. The number of fused-ring (bicyclic) bond motifs is 1. The Bertz CT molecular complexity index is 1510. The van der Waals surface area contributed by atoms with Crippen LogP contribution in [-0.4, -0.2) is 53.4 Å². The molecule has 0 radical (unpaired) electrons. The van der Waals surface area contributed by atoms with Crippen LogP contribution in [0.2, 0.25) is 5.02 Å². The minimum Gasteiger partial charge on any atom is -0.449 e. The fourth-order valence-electron chi connectivity index (χ4n) is 6.27. The summed E-state index contributed by atoms with van der Waals surface area (Å²) >= 11 is 6.35. The third-order valence-electron chi connectivity index (χ3n) is 8.38. The molecular formula is C31H32ClF3N4O4. The molecule has 2 heterocycles. The zero-order valence-electron chi connectivity index (χ0n) is 23.9. The second-order valence-corrected chi connectivity index (χ2v) is 12.0. The summed E-state index contributed by atoms with van der Waals surface area (Å²) in [5.41, 5.74) is 1.37. The van der Waals surface area contributed by atoms with Crippen LogP contribution in [0.5, 0.6) is 5.75 Å². The van der Waals surface area contributed by atoms with Crippen molar-refractivity contribution < 1.29 is 32.6 Å². The number of ether oxygens (including phenoxy) is 1. The average molecular weight is 617 g/mol. The van der Waals surface area contributed by atoms with Gasteiger partial charge in [0.25, 0.3) is 0 Å². The highest BCUT2D eigenvalue weighted by Gasteiger charge is 2.45. The van der Waals surface area contributed by atoms with Crippen LogP contribution < -0.4 is 14.5 Å². The molecule has 2 amide bonds. The number of carbonyl (C=O) groups excluding carboxylic acids is 1. The highest BCUT2D eigenvalue weighted by molar-refractivity contribution is 6.33. The van der Waals surface area contributed by atoms with Crippen LogP contribution in [0.3, 0.4) is 0 Å². The summed E-state index contributed by atoms with van der Waals surface area (Å²) < 4.78 is 45.7. The Morgan fingerprint density at radius 3 is 2.37 bits per heavy atom. The summed E-state index contributed by atoms with van der Waals surface area (Å²) in [6.45, 7) is 5.40. The van der Waals surface area contributed by atoms with Crippen LogP contribution >= 0.6 is 11.6 Å². The summed E-state index contributed by atoms with van der Waals surface area (Å²) in [7, 11) is 1.42. The van der Waals surface area contributed by atoms with Gasteiger partial charge >= 0.3 is 18.4 Å². The smallest absolute Gasteiger partial charge is 0.449 e. The fourth-order valence-corrected chi connectivity index (χ4v) is 6.52. The monoisotopic (exact) mass is 616 g/mol. The van der Waals surface area contributed by atoms with E-state index in [0.717, 1.165) is 35.0 Å². The van der Waals surface area contributed by atoms with Crippen LogP contribution in [0.4, 0.5) is 34.1 Å². The number of hydrogen-bond acceptors (Lipinski definition) is 5. The van der Waals surface area contributed by atoms with Crippen molar-refractivity contribution in [1.29, 1.82) is 0 Å². The minimum atomic E-state index is -4.61. The molecule has 228 valence electrons. The van der Waals surface area contributed by atoms with Gasteiger partial charge in [-0.25, -0.2) is 9.59 Å². The van der Waals surface area contributed by atoms with E-state index in [9.17, 15) is 27.9 Å². The van der Waals surface area contributed by atoms with E-state index in [2.05, 4.69) is 9.88 Å². The lowest BCUT2D eigenvalue weighted by molar-refractivity contribution is -0.137. The molecule has 2 aromatic carbocycles. The molecule has 43 heavy (non-hydrogen) atoms. The third-order valence-corrected chi connectivity index (χ3v) is 8.70. The van der Waals surface area contributed by atoms with Gasteiger partial charge < -0.3 is 19.6 Å². The lowest BCUT2D eigenvalue weighted by Crippen LogP contribution is -2.52. The Hall–Kier alpha value is -3.99. The van der Waals surface area contributed by atoms with Crippen molar-refractivity contribution in [3.63, 3.8) is 0 Å². The van der Waals surface area contributed by atoms with E-state index in [1.807, 2.05) is 32.0 Å². The van der Waals surface area contributed by atoms with E-state index in [-0.39, 0.29) is 27.9 Å². The number of aromatic nitrogens is 1. The van der Waals surface area contributed by atoms with Crippen LogP contribution in [0.1, 0.15) is 55.8 Å². The number of carbonyl (C=O) groups is 2. The highest BCUT2D eigenvalue weighted by atomic mass is 35.5. The maximum Gasteiger partial charge on any atom is 0.511 e. The SMILES string of the molecule is CN(C(=O)N(C1CCN(c2ccncc2)CC1)C1CC(C)(C)c2ccc(OC(=O)O)cc21)c1cc(C(F)(F)F)ccc1Cl. The van der Waals surface area contributed by atoms with Crippen molar-refractivity contribution >= 4 is 35.2 Å². The first-order valence-electron chi connectivity index (χ1n) is 13.9. The van der Waals surface area contributed by atoms with E-state index >= 15 is 0 Å². The normalized spacial score (nSPS) is 18.2. The van der Waals surface area contributed by atoms with Gasteiger partial charge in [0.1, 0.15) is 5.75 Å². The first-order chi connectivity index (χ1) is 20.3. The molecule has 2 aliphatic rings. The molecule has 1 aliphatic carbocycles. The molecule has 0 saturated carbocycles. The number of halogens is 4. The number of amides is 2. The van der Waals surface area contributed by atoms with Crippen LogP contribution in [0.25, 0.3) is 0 Å². The topological polar surface area (TPSA) is 86.2 Å². The Morgan fingerprint density at radius 1 is 1.07 bits per heavy atom. The molecule has 1 aliphatic heterocycles. The van der Waals surface area contributed by atoms with Crippen molar-refractivity contribution in [3.8, 4) is 5.75 Å². The number of urea groups is 1. The quantitative estimate of drug-likeness (QED) is 0.233. The fraction of sp³-hybridized carbons (Fsp3) is 0.387. The van der Waals surface area contributed by atoms with Gasteiger partial charge in [-0.15, -0.1) is 0 Å². The molecular weight excluding hydrogens is 585 g/mol. The number of anilines is 2. The number of benzene rings is 2. The van der Waals surface area contributed by atoms with Crippen molar-refractivity contribution in [2.24, 2.45) is 0 Å². The largest absolute Gasteiger partial charge is 0.511 e. The van der Waals surface area contributed by atoms with Gasteiger partial charge in [0.2, 0.25) is 0 Å². The number of alkyl halides is 3. The van der Waals surface area contributed by atoms with Crippen molar-refractivity contribution in [2.75, 3.05) is 29.9 Å². The predicted octanol–water partition coefficient (Wildman–Crippen LogP) is 7.76. The van der Waals surface area contributed by atoms with Gasteiger partial charge in [-0.2, -0.15) is 13.2 Å². The van der Waals surface area contributed by atoms with E-state index in [4.69, 9.17) is 16.3 Å². The summed E-state index contributed by atoms with van der Waals surface area (Å²) in [6.07, 6.45) is -0.884. The number of nitrogens with zero attached hydrogens (tertiary/aromatic N) is 4. The maximum atomic E-state index is 14.4. The Morgan fingerprint density at radius 2 is 1.74 bits per heavy atom. The third kappa shape index (κ3) is 6.22. The van der Waals surface area contributed by atoms with Gasteiger partial charge in [0.15, 0.2) is 0 Å². The first-order valence-corrected chi connectivity index (χ1v) is 14.3. The number of rotatable bonds is 5. The molecule has 3 aromatic rings. The molecule has 1 N–H and O–H groups in total. The van der Waals surface area contributed by atoms with Crippen LogP contribution in [0.15, 0.2) is 60.9 Å². The Kier molecular flexibility index (Phi) is 8.22. The van der Waals surface area contributed by atoms with Gasteiger partial charge in [-0.3, -0.25) is 9.88 Å². The first kappa shape index (κ1) is 30.5. The molecule has 1 atom stereocenters. The summed E-state index contributed by atoms with van der Waals surface area (Å²) in [4.78, 5) is 35.0. The predicted molar refractivity (Wildman–Crippen MR) is 157 cm³/mol. The number of hydrogen-bond donors (Lipinski definition) is 1. The standard InChI is InChI=1S/C31H32ClF3N4O4/c1-30(2)18-27(23-17-22(43-29(41)42)5-6-24(23)30)39(21-10-14-38(15-11-21)20-8-12-36-13-9-20)28(40)37(3)26-16-19(31(33,34)35)4-7-25(26)32/h4-9,12-13,16-17,21,27H,10-11,14-15,18H2,1-3H3,(H,41,42). The van der Waals surface area contributed by atoms with Crippen LogP contribution in [-0.2, 0) is 11.6 Å². The van der Waals surface area contributed by atoms with Gasteiger partial charge in [0.05, 0.1) is 22.3 Å².